The monoisotopic (exact) mass is 285 g/mol. The van der Waals surface area contributed by atoms with E-state index in [1.54, 1.807) is 12.4 Å². The summed E-state index contributed by atoms with van der Waals surface area (Å²) in [6.45, 7) is 5.34. The van der Waals surface area contributed by atoms with Crippen molar-refractivity contribution < 1.29 is 0 Å². The third-order valence-corrected chi connectivity index (χ3v) is 4.21. The molecule has 0 saturated carbocycles. The van der Waals surface area contributed by atoms with Gasteiger partial charge in [-0.3, -0.25) is 14.6 Å². The molecule has 5 heteroatoms. The first-order valence-corrected chi connectivity index (χ1v) is 7.77. The van der Waals surface area contributed by atoms with E-state index in [1.165, 1.54) is 19.4 Å². The SMILES string of the molecule is CCn1cc(-c2nccnc2CC2CCCN(C)C2)cn1. The maximum atomic E-state index is 4.59. The Balaban J connectivity index is 1.82. The normalized spacial score (nSPS) is 19.8. The minimum absolute atomic E-state index is 0.681. The van der Waals surface area contributed by atoms with E-state index in [1.807, 2.05) is 10.9 Å². The van der Waals surface area contributed by atoms with Crippen LogP contribution in [0.5, 0.6) is 0 Å². The van der Waals surface area contributed by atoms with Crippen LogP contribution in [-0.2, 0) is 13.0 Å². The van der Waals surface area contributed by atoms with E-state index in [0.717, 1.165) is 36.5 Å². The van der Waals surface area contributed by atoms with E-state index in [4.69, 9.17) is 0 Å². The number of aryl methyl sites for hydroxylation is 1. The van der Waals surface area contributed by atoms with Crippen LogP contribution in [0.15, 0.2) is 24.8 Å². The Hall–Kier alpha value is -1.75. The third kappa shape index (κ3) is 3.29. The number of hydrogen-bond acceptors (Lipinski definition) is 4. The minimum Gasteiger partial charge on any atom is -0.306 e. The smallest absolute Gasteiger partial charge is 0.0948 e. The largest absolute Gasteiger partial charge is 0.306 e. The van der Waals surface area contributed by atoms with Crippen LogP contribution in [0.4, 0.5) is 0 Å². The van der Waals surface area contributed by atoms with Crippen LogP contribution in [0.2, 0.25) is 0 Å². The Morgan fingerprint density at radius 1 is 1.29 bits per heavy atom. The molecule has 1 atom stereocenters. The topological polar surface area (TPSA) is 46.8 Å². The van der Waals surface area contributed by atoms with Gasteiger partial charge in [0.25, 0.3) is 0 Å². The summed E-state index contributed by atoms with van der Waals surface area (Å²) < 4.78 is 1.93. The van der Waals surface area contributed by atoms with Crippen LogP contribution < -0.4 is 0 Å². The molecule has 0 radical (unpaired) electrons. The van der Waals surface area contributed by atoms with Gasteiger partial charge in [0.05, 0.1) is 17.6 Å². The Morgan fingerprint density at radius 3 is 2.90 bits per heavy atom. The lowest BCUT2D eigenvalue weighted by Crippen LogP contribution is -2.33. The predicted octanol–water partition coefficient (Wildman–Crippen LogP) is 2.24. The van der Waals surface area contributed by atoms with Gasteiger partial charge >= 0.3 is 0 Å². The van der Waals surface area contributed by atoms with Gasteiger partial charge in [0.15, 0.2) is 0 Å². The van der Waals surface area contributed by atoms with Gasteiger partial charge in [-0.2, -0.15) is 5.10 Å². The Bertz CT molecular complexity index is 592. The highest BCUT2D eigenvalue weighted by atomic mass is 15.3. The summed E-state index contributed by atoms with van der Waals surface area (Å²) in [6, 6.07) is 0. The van der Waals surface area contributed by atoms with Gasteiger partial charge in [-0.05, 0) is 45.7 Å². The first-order chi connectivity index (χ1) is 10.3. The van der Waals surface area contributed by atoms with Crippen molar-refractivity contribution >= 4 is 0 Å². The molecule has 5 nitrogen and oxygen atoms in total. The van der Waals surface area contributed by atoms with Gasteiger partial charge in [0.2, 0.25) is 0 Å². The van der Waals surface area contributed by atoms with Crippen molar-refractivity contribution in [3.63, 3.8) is 0 Å². The molecular formula is C16H23N5. The number of aromatic nitrogens is 4. The average Bonchev–Trinajstić information content (AvgIpc) is 2.97. The average molecular weight is 285 g/mol. The molecule has 0 N–H and O–H groups in total. The van der Waals surface area contributed by atoms with E-state index in [2.05, 4.69) is 40.1 Å². The van der Waals surface area contributed by atoms with E-state index >= 15 is 0 Å². The zero-order valence-electron chi connectivity index (χ0n) is 12.9. The molecule has 3 heterocycles. The molecule has 2 aromatic rings. The van der Waals surface area contributed by atoms with Crippen molar-refractivity contribution in [3.05, 3.63) is 30.5 Å². The lowest BCUT2D eigenvalue weighted by atomic mass is 9.92. The molecule has 1 aliphatic heterocycles. The highest BCUT2D eigenvalue weighted by Crippen LogP contribution is 2.25. The Morgan fingerprint density at radius 2 is 2.14 bits per heavy atom. The minimum atomic E-state index is 0.681. The summed E-state index contributed by atoms with van der Waals surface area (Å²) in [7, 11) is 2.20. The number of likely N-dealkylation sites (tertiary alicyclic amines) is 1. The quantitative estimate of drug-likeness (QED) is 0.864. The maximum absolute atomic E-state index is 4.59. The second kappa shape index (κ2) is 6.35. The van der Waals surface area contributed by atoms with Crippen LogP contribution in [0, 0.1) is 5.92 Å². The van der Waals surface area contributed by atoms with Crippen molar-refractivity contribution in [1.29, 1.82) is 0 Å². The second-order valence-electron chi connectivity index (χ2n) is 5.91. The molecule has 21 heavy (non-hydrogen) atoms. The van der Waals surface area contributed by atoms with Gasteiger partial charge in [-0.25, -0.2) is 0 Å². The highest BCUT2D eigenvalue weighted by Gasteiger charge is 2.20. The van der Waals surface area contributed by atoms with E-state index in [0.29, 0.717) is 5.92 Å². The fourth-order valence-electron chi connectivity index (χ4n) is 3.13. The van der Waals surface area contributed by atoms with Crippen LogP contribution in [0.3, 0.4) is 0 Å². The molecule has 0 bridgehead atoms. The number of nitrogens with zero attached hydrogens (tertiary/aromatic N) is 5. The number of hydrogen-bond donors (Lipinski definition) is 0. The number of piperidine rings is 1. The summed E-state index contributed by atoms with van der Waals surface area (Å²) in [5, 5.41) is 4.35. The number of rotatable bonds is 4. The van der Waals surface area contributed by atoms with Crippen molar-refractivity contribution in [3.8, 4) is 11.3 Å². The fourth-order valence-corrected chi connectivity index (χ4v) is 3.13. The van der Waals surface area contributed by atoms with Crippen LogP contribution >= 0.6 is 0 Å². The lowest BCUT2D eigenvalue weighted by molar-refractivity contribution is 0.208. The first kappa shape index (κ1) is 14.2. The molecule has 1 fully saturated rings. The molecule has 3 rings (SSSR count). The summed E-state index contributed by atoms with van der Waals surface area (Å²) in [6.07, 6.45) is 11.1. The zero-order valence-corrected chi connectivity index (χ0v) is 12.9. The predicted molar refractivity (Wildman–Crippen MR) is 82.9 cm³/mol. The van der Waals surface area contributed by atoms with Gasteiger partial charge in [-0.15, -0.1) is 0 Å². The molecule has 0 aromatic carbocycles. The molecule has 0 spiro atoms. The van der Waals surface area contributed by atoms with Crippen molar-refractivity contribution in [2.45, 2.75) is 32.7 Å². The van der Waals surface area contributed by atoms with Crippen molar-refractivity contribution in [2.75, 3.05) is 20.1 Å². The maximum Gasteiger partial charge on any atom is 0.0948 e. The molecule has 1 unspecified atom stereocenters. The fraction of sp³-hybridized carbons (Fsp3) is 0.562. The first-order valence-electron chi connectivity index (χ1n) is 7.77. The molecule has 1 aliphatic rings. The van der Waals surface area contributed by atoms with Gasteiger partial charge in [0, 0.05) is 37.2 Å². The standard InChI is InChI=1S/C16H23N5/c1-3-21-12-14(10-19-21)16-15(17-6-7-18-16)9-13-5-4-8-20(2)11-13/h6-7,10,12-13H,3-5,8-9,11H2,1-2H3. The van der Waals surface area contributed by atoms with E-state index < -0.39 is 0 Å². The van der Waals surface area contributed by atoms with Crippen molar-refractivity contribution in [2.24, 2.45) is 5.92 Å². The highest BCUT2D eigenvalue weighted by molar-refractivity contribution is 5.59. The summed E-state index contributed by atoms with van der Waals surface area (Å²) in [4.78, 5) is 11.6. The van der Waals surface area contributed by atoms with Crippen LogP contribution in [-0.4, -0.2) is 44.8 Å². The van der Waals surface area contributed by atoms with Crippen molar-refractivity contribution in [1.82, 2.24) is 24.6 Å². The molecule has 1 saturated heterocycles. The zero-order chi connectivity index (χ0) is 14.7. The van der Waals surface area contributed by atoms with E-state index in [-0.39, 0.29) is 0 Å². The molecule has 112 valence electrons. The van der Waals surface area contributed by atoms with Gasteiger partial charge < -0.3 is 4.90 Å². The Kier molecular flexibility index (Phi) is 4.29. The van der Waals surface area contributed by atoms with Gasteiger partial charge in [-0.1, -0.05) is 0 Å². The van der Waals surface area contributed by atoms with Crippen LogP contribution in [0.25, 0.3) is 11.3 Å². The summed E-state index contributed by atoms with van der Waals surface area (Å²) >= 11 is 0. The Labute approximate surface area is 126 Å². The summed E-state index contributed by atoms with van der Waals surface area (Å²) in [5.74, 6) is 0.681. The molecular weight excluding hydrogens is 262 g/mol. The second-order valence-corrected chi connectivity index (χ2v) is 5.91. The third-order valence-electron chi connectivity index (χ3n) is 4.21. The summed E-state index contributed by atoms with van der Waals surface area (Å²) in [5.41, 5.74) is 3.17. The lowest BCUT2D eigenvalue weighted by Gasteiger charge is -2.29. The van der Waals surface area contributed by atoms with E-state index in [9.17, 15) is 0 Å². The van der Waals surface area contributed by atoms with Crippen LogP contribution in [0.1, 0.15) is 25.5 Å². The molecule has 0 aliphatic carbocycles. The molecule has 2 aromatic heterocycles. The van der Waals surface area contributed by atoms with Gasteiger partial charge in [0.1, 0.15) is 0 Å². The molecule has 0 amide bonds.